The number of amides is 1. The van der Waals surface area contributed by atoms with Crippen molar-refractivity contribution >= 4 is 16.9 Å². The Bertz CT molecular complexity index is 866. The molecule has 0 aliphatic rings. The Labute approximate surface area is 133 Å². The van der Waals surface area contributed by atoms with Gasteiger partial charge in [-0.1, -0.05) is 0 Å². The SMILES string of the molecule is Cc1cc(C)n(C[C@H](C)NC(=O)c2cc3cc(F)ccc3o2)n1. The molecule has 1 N–H and O–H groups in total. The maximum atomic E-state index is 13.2. The fourth-order valence-corrected chi connectivity index (χ4v) is 2.59. The summed E-state index contributed by atoms with van der Waals surface area (Å²) in [4.78, 5) is 12.3. The number of nitrogens with one attached hydrogen (secondary N) is 1. The molecule has 0 saturated heterocycles. The van der Waals surface area contributed by atoms with Gasteiger partial charge in [-0.2, -0.15) is 5.10 Å². The first-order valence-electron chi connectivity index (χ1n) is 7.43. The van der Waals surface area contributed by atoms with Crippen molar-refractivity contribution in [1.29, 1.82) is 0 Å². The first kappa shape index (κ1) is 15.3. The Morgan fingerprint density at radius 1 is 1.35 bits per heavy atom. The number of aromatic nitrogens is 2. The molecule has 3 aromatic rings. The van der Waals surface area contributed by atoms with Crippen molar-refractivity contribution in [2.45, 2.75) is 33.4 Å². The Morgan fingerprint density at radius 3 is 2.83 bits per heavy atom. The number of aryl methyl sites for hydroxylation is 2. The average Bonchev–Trinajstić information content (AvgIpc) is 3.01. The maximum Gasteiger partial charge on any atom is 0.287 e. The molecular weight excluding hydrogens is 297 g/mol. The van der Waals surface area contributed by atoms with E-state index in [1.165, 1.54) is 18.2 Å². The number of furan rings is 1. The first-order chi connectivity index (χ1) is 10.9. The minimum Gasteiger partial charge on any atom is -0.451 e. The summed E-state index contributed by atoms with van der Waals surface area (Å²) in [7, 11) is 0. The summed E-state index contributed by atoms with van der Waals surface area (Å²) in [5.41, 5.74) is 2.48. The molecule has 1 aromatic carbocycles. The number of carbonyl (C=O) groups excluding carboxylic acids is 1. The maximum absolute atomic E-state index is 13.2. The molecule has 6 heteroatoms. The summed E-state index contributed by atoms with van der Waals surface area (Å²) in [5.74, 6) is -0.510. The third-order valence-electron chi connectivity index (χ3n) is 3.63. The monoisotopic (exact) mass is 315 g/mol. The van der Waals surface area contributed by atoms with E-state index in [-0.39, 0.29) is 23.5 Å². The van der Waals surface area contributed by atoms with Gasteiger partial charge in [-0.25, -0.2) is 4.39 Å². The second-order valence-corrected chi connectivity index (χ2v) is 5.78. The van der Waals surface area contributed by atoms with E-state index in [1.54, 1.807) is 6.07 Å². The van der Waals surface area contributed by atoms with Gasteiger partial charge in [-0.3, -0.25) is 9.48 Å². The van der Waals surface area contributed by atoms with Gasteiger partial charge in [0.2, 0.25) is 0 Å². The van der Waals surface area contributed by atoms with Crippen LogP contribution in [-0.2, 0) is 6.54 Å². The van der Waals surface area contributed by atoms with Gasteiger partial charge in [0, 0.05) is 17.1 Å². The van der Waals surface area contributed by atoms with E-state index in [2.05, 4.69) is 10.4 Å². The Balaban J connectivity index is 1.71. The molecule has 1 amide bonds. The highest BCUT2D eigenvalue weighted by Gasteiger charge is 2.16. The molecule has 2 heterocycles. The molecule has 0 fully saturated rings. The highest BCUT2D eigenvalue weighted by atomic mass is 19.1. The fraction of sp³-hybridized carbons (Fsp3) is 0.294. The zero-order chi connectivity index (χ0) is 16.6. The largest absolute Gasteiger partial charge is 0.451 e. The normalized spacial score (nSPS) is 12.5. The average molecular weight is 315 g/mol. The number of carbonyl (C=O) groups is 1. The minimum absolute atomic E-state index is 0.120. The lowest BCUT2D eigenvalue weighted by Crippen LogP contribution is -2.36. The van der Waals surface area contributed by atoms with Crippen molar-refractivity contribution in [2.75, 3.05) is 0 Å². The molecule has 0 saturated carbocycles. The zero-order valence-corrected chi connectivity index (χ0v) is 13.3. The molecular formula is C17H18FN3O2. The van der Waals surface area contributed by atoms with Gasteiger partial charge in [-0.05, 0) is 51.1 Å². The van der Waals surface area contributed by atoms with Crippen LogP contribution in [0.1, 0.15) is 28.9 Å². The molecule has 120 valence electrons. The number of nitrogens with zero attached hydrogens (tertiary/aromatic N) is 2. The summed E-state index contributed by atoms with van der Waals surface area (Å²) in [5, 5.41) is 7.82. The van der Waals surface area contributed by atoms with Crippen LogP contribution in [0.3, 0.4) is 0 Å². The minimum atomic E-state index is -0.358. The second-order valence-electron chi connectivity index (χ2n) is 5.78. The molecule has 3 rings (SSSR count). The topological polar surface area (TPSA) is 60.1 Å². The van der Waals surface area contributed by atoms with Crippen LogP contribution in [0.2, 0.25) is 0 Å². The third kappa shape index (κ3) is 3.26. The number of rotatable bonds is 4. The van der Waals surface area contributed by atoms with Gasteiger partial charge in [0.1, 0.15) is 11.4 Å². The van der Waals surface area contributed by atoms with Gasteiger partial charge in [0.15, 0.2) is 5.76 Å². The van der Waals surface area contributed by atoms with Crippen LogP contribution in [0.15, 0.2) is 34.7 Å². The lowest BCUT2D eigenvalue weighted by Gasteiger charge is -2.14. The van der Waals surface area contributed by atoms with Crippen molar-refractivity contribution in [3.8, 4) is 0 Å². The summed E-state index contributed by atoms with van der Waals surface area (Å²) < 4.78 is 20.5. The van der Waals surface area contributed by atoms with Gasteiger partial charge in [0.05, 0.1) is 12.2 Å². The second kappa shape index (κ2) is 5.87. The lowest BCUT2D eigenvalue weighted by molar-refractivity contribution is 0.0910. The Morgan fingerprint density at radius 2 is 2.13 bits per heavy atom. The van der Waals surface area contributed by atoms with Crippen LogP contribution < -0.4 is 5.32 Å². The van der Waals surface area contributed by atoms with E-state index in [0.717, 1.165) is 11.4 Å². The van der Waals surface area contributed by atoms with Crippen molar-refractivity contribution in [3.63, 3.8) is 0 Å². The number of hydrogen-bond donors (Lipinski definition) is 1. The van der Waals surface area contributed by atoms with E-state index in [0.29, 0.717) is 17.5 Å². The predicted molar refractivity (Wildman–Crippen MR) is 84.8 cm³/mol. The van der Waals surface area contributed by atoms with Crippen molar-refractivity contribution < 1.29 is 13.6 Å². The molecule has 23 heavy (non-hydrogen) atoms. The Hall–Kier alpha value is -2.63. The van der Waals surface area contributed by atoms with Crippen molar-refractivity contribution in [2.24, 2.45) is 0 Å². The number of benzene rings is 1. The molecule has 0 aliphatic carbocycles. The van der Waals surface area contributed by atoms with Crippen LogP contribution in [0.25, 0.3) is 11.0 Å². The molecule has 1 atom stereocenters. The van der Waals surface area contributed by atoms with E-state index < -0.39 is 0 Å². The van der Waals surface area contributed by atoms with Gasteiger partial charge < -0.3 is 9.73 Å². The molecule has 5 nitrogen and oxygen atoms in total. The van der Waals surface area contributed by atoms with Crippen molar-refractivity contribution in [3.05, 3.63) is 53.3 Å². The van der Waals surface area contributed by atoms with Crippen LogP contribution >= 0.6 is 0 Å². The van der Waals surface area contributed by atoms with Crippen LogP contribution in [0.5, 0.6) is 0 Å². The van der Waals surface area contributed by atoms with Crippen molar-refractivity contribution in [1.82, 2.24) is 15.1 Å². The standard InChI is InChI=1S/C17H18FN3O2/c1-10-6-12(3)21(20-10)9-11(2)19-17(22)16-8-13-7-14(18)4-5-15(13)23-16/h4-8,11H,9H2,1-3H3,(H,19,22)/t11-/m0/s1. The first-order valence-corrected chi connectivity index (χ1v) is 7.43. The highest BCUT2D eigenvalue weighted by molar-refractivity contribution is 5.96. The lowest BCUT2D eigenvalue weighted by atomic mass is 10.2. The molecule has 0 aliphatic heterocycles. The van der Waals surface area contributed by atoms with E-state index >= 15 is 0 Å². The summed E-state index contributed by atoms with van der Waals surface area (Å²) in [6.45, 7) is 6.37. The van der Waals surface area contributed by atoms with Gasteiger partial charge in [-0.15, -0.1) is 0 Å². The third-order valence-corrected chi connectivity index (χ3v) is 3.63. The fourth-order valence-electron chi connectivity index (χ4n) is 2.59. The summed E-state index contributed by atoms with van der Waals surface area (Å²) >= 11 is 0. The number of hydrogen-bond acceptors (Lipinski definition) is 3. The molecule has 0 spiro atoms. The number of halogens is 1. The quantitative estimate of drug-likeness (QED) is 0.804. The number of fused-ring (bicyclic) bond motifs is 1. The molecule has 2 aromatic heterocycles. The van der Waals surface area contributed by atoms with Crippen LogP contribution in [0.4, 0.5) is 4.39 Å². The molecule has 0 radical (unpaired) electrons. The van der Waals surface area contributed by atoms with E-state index in [1.807, 2.05) is 31.5 Å². The van der Waals surface area contributed by atoms with E-state index in [9.17, 15) is 9.18 Å². The summed E-state index contributed by atoms with van der Waals surface area (Å²) in [6.07, 6.45) is 0. The smallest absolute Gasteiger partial charge is 0.287 e. The van der Waals surface area contributed by atoms with Crippen LogP contribution in [-0.4, -0.2) is 21.7 Å². The Kier molecular flexibility index (Phi) is 3.90. The molecule has 0 bridgehead atoms. The summed E-state index contributed by atoms with van der Waals surface area (Å²) in [6, 6.07) is 7.58. The predicted octanol–water partition coefficient (Wildman–Crippen LogP) is 3.20. The van der Waals surface area contributed by atoms with Crippen LogP contribution in [0, 0.1) is 19.7 Å². The van der Waals surface area contributed by atoms with E-state index in [4.69, 9.17) is 4.42 Å². The zero-order valence-electron chi connectivity index (χ0n) is 13.3. The highest BCUT2D eigenvalue weighted by Crippen LogP contribution is 2.20. The van der Waals surface area contributed by atoms with Gasteiger partial charge >= 0.3 is 0 Å². The van der Waals surface area contributed by atoms with Gasteiger partial charge in [0.25, 0.3) is 5.91 Å². The molecule has 0 unspecified atom stereocenters.